The van der Waals surface area contributed by atoms with Gasteiger partial charge in [0.15, 0.2) is 5.96 Å². The number of rotatable bonds is 11. The summed E-state index contributed by atoms with van der Waals surface area (Å²) in [6.07, 6.45) is 2.24. The minimum Gasteiger partial charge on any atom is -0.466 e. The van der Waals surface area contributed by atoms with Gasteiger partial charge in [-0.15, -0.1) is 24.0 Å². The van der Waals surface area contributed by atoms with Crippen molar-refractivity contribution in [1.82, 2.24) is 10.6 Å². The van der Waals surface area contributed by atoms with Crippen LogP contribution in [0.4, 0.5) is 0 Å². The van der Waals surface area contributed by atoms with Crippen molar-refractivity contribution in [2.75, 3.05) is 40.0 Å². The van der Waals surface area contributed by atoms with Gasteiger partial charge in [0.05, 0.1) is 13.2 Å². The lowest BCUT2D eigenvalue weighted by Crippen LogP contribution is -2.39. The molecular formula is C15H32IN3O3. The SMILES string of the molecule is CCOC(=O)CCCNC(=NC)NCCOCCC(C)C.I. The van der Waals surface area contributed by atoms with Crippen molar-refractivity contribution in [2.45, 2.75) is 40.0 Å². The molecule has 0 bridgehead atoms. The fraction of sp³-hybridized carbons (Fsp3) is 0.867. The maximum atomic E-state index is 11.2. The minimum atomic E-state index is -0.152. The smallest absolute Gasteiger partial charge is 0.305 e. The van der Waals surface area contributed by atoms with Crippen LogP contribution >= 0.6 is 24.0 Å². The van der Waals surface area contributed by atoms with Crippen LogP contribution in [0, 0.1) is 5.92 Å². The number of nitrogens with one attached hydrogen (secondary N) is 2. The van der Waals surface area contributed by atoms with E-state index in [9.17, 15) is 4.79 Å². The van der Waals surface area contributed by atoms with Crippen molar-refractivity contribution >= 4 is 35.9 Å². The van der Waals surface area contributed by atoms with Crippen molar-refractivity contribution in [3.05, 3.63) is 0 Å². The van der Waals surface area contributed by atoms with Crippen LogP contribution in [0.1, 0.15) is 40.0 Å². The van der Waals surface area contributed by atoms with Crippen LogP contribution in [0.25, 0.3) is 0 Å². The molecular weight excluding hydrogens is 397 g/mol. The number of hydrogen-bond acceptors (Lipinski definition) is 4. The van der Waals surface area contributed by atoms with E-state index in [1.807, 2.05) is 6.92 Å². The van der Waals surface area contributed by atoms with E-state index in [0.29, 0.717) is 32.1 Å². The zero-order valence-electron chi connectivity index (χ0n) is 14.3. The summed E-state index contributed by atoms with van der Waals surface area (Å²) in [4.78, 5) is 15.3. The third kappa shape index (κ3) is 15.8. The normalized spacial score (nSPS) is 11.0. The molecule has 0 fully saturated rings. The summed E-state index contributed by atoms with van der Waals surface area (Å²) in [6.45, 7) is 9.48. The number of guanidine groups is 1. The van der Waals surface area contributed by atoms with Crippen molar-refractivity contribution in [1.29, 1.82) is 0 Å². The van der Waals surface area contributed by atoms with Crippen molar-refractivity contribution in [2.24, 2.45) is 10.9 Å². The number of hydrogen-bond donors (Lipinski definition) is 2. The highest BCUT2D eigenvalue weighted by Crippen LogP contribution is 1.98. The van der Waals surface area contributed by atoms with Gasteiger partial charge in [0.2, 0.25) is 0 Å². The molecule has 0 aromatic carbocycles. The van der Waals surface area contributed by atoms with E-state index in [1.54, 1.807) is 7.05 Å². The highest BCUT2D eigenvalue weighted by molar-refractivity contribution is 14.0. The van der Waals surface area contributed by atoms with Gasteiger partial charge in [0.1, 0.15) is 0 Å². The monoisotopic (exact) mass is 429 g/mol. The van der Waals surface area contributed by atoms with Crippen LogP contribution in [0.3, 0.4) is 0 Å². The van der Waals surface area contributed by atoms with Gasteiger partial charge >= 0.3 is 5.97 Å². The molecule has 6 nitrogen and oxygen atoms in total. The van der Waals surface area contributed by atoms with E-state index >= 15 is 0 Å². The van der Waals surface area contributed by atoms with Gasteiger partial charge in [-0.1, -0.05) is 13.8 Å². The predicted molar refractivity (Wildman–Crippen MR) is 101 cm³/mol. The van der Waals surface area contributed by atoms with E-state index in [2.05, 4.69) is 29.5 Å². The molecule has 0 radical (unpaired) electrons. The molecule has 0 aliphatic rings. The molecule has 0 atom stereocenters. The molecule has 132 valence electrons. The Labute approximate surface area is 151 Å². The standard InChI is InChI=1S/C15H31N3O3.HI/c1-5-21-14(19)7-6-9-17-15(16-4)18-10-12-20-11-8-13(2)3;/h13H,5-12H2,1-4H3,(H2,16,17,18);1H. The molecule has 0 spiro atoms. The first-order valence-corrected chi connectivity index (χ1v) is 7.78. The Morgan fingerprint density at radius 3 is 2.45 bits per heavy atom. The summed E-state index contributed by atoms with van der Waals surface area (Å²) >= 11 is 0. The summed E-state index contributed by atoms with van der Waals surface area (Å²) < 4.78 is 10.4. The van der Waals surface area contributed by atoms with Gasteiger partial charge < -0.3 is 20.1 Å². The zero-order valence-corrected chi connectivity index (χ0v) is 16.6. The number of carbonyl (C=O) groups excluding carboxylic acids is 1. The predicted octanol–water partition coefficient (Wildman–Crippen LogP) is 2.18. The Bertz CT molecular complexity index is 300. The van der Waals surface area contributed by atoms with E-state index in [-0.39, 0.29) is 29.9 Å². The van der Waals surface area contributed by atoms with E-state index in [1.165, 1.54) is 0 Å². The molecule has 0 aliphatic carbocycles. The molecule has 0 saturated carbocycles. The molecule has 0 aromatic rings. The fourth-order valence-electron chi connectivity index (χ4n) is 1.56. The van der Waals surface area contributed by atoms with Crippen molar-refractivity contribution < 1.29 is 14.3 Å². The lowest BCUT2D eigenvalue weighted by Gasteiger charge is -2.12. The molecule has 0 amide bonds. The van der Waals surface area contributed by atoms with Crippen LogP contribution in [0.2, 0.25) is 0 Å². The summed E-state index contributed by atoms with van der Waals surface area (Å²) in [5.41, 5.74) is 0. The summed E-state index contributed by atoms with van der Waals surface area (Å²) in [5, 5.41) is 6.32. The molecule has 2 N–H and O–H groups in total. The van der Waals surface area contributed by atoms with Crippen molar-refractivity contribution in [3.8, 4) is 0 Å². The largest absolute Gasteiger partial charge is 0.466 e. The molecule has 22 heavy (non-hydrogen) atoms. The van der Waals surface area contributed by atoms with Gasteiger partial charge in [-0.05, 0) is 25.7 Å². The van der Waals surface area contributed by atoms with E-state index in [4.69, 9.17) is 9.47 Å². The van der Waals surface area contributed by atoms with Crippen LogP contribution in [0.5, 0.6) is 0 Å². The van der Waals surface area contributed by atoms with Gasteiger partial charge in [0.25, 0.3) is 0 Å². The molecule has 0 heterocycles. The molecule has 0 rings (SSSR count). The van der Waals surface area contributed by atoms with Crippen molar-refractivity contribution in [3.63, 3.8) is 0 Å². The average molecular weight is 429 g/mol. The number of nitrogens with zero attached hydrogens (tertiary/aromatic N) is 1. The molecule has 0 unspecified atom stereocenters. The first-order chi connectivity index (χ1) is 10.1. The average Bonchev–Trinajstić information content (AvgIpc) is 2.44. The van der Waals surface area contributed by atoms with Crippen LogP contribution in [-0.2, 0) is 14.3 Å². The van der Waals surface area contributed by atoms with Gasteiger partial charge in [-0.3, -0.25) is 9.79 Å². The molecule has 0 aromatic heterocycles. The van der Waals surface area contributed by atoms with Crippen LogP contribution < -0.4 is 10.6 Å². The number of ether oxygens (including phenoxy) is 2. The fourth-order valence-corrected chi connectivity index (χ4v) is 1.56. The van der Waals surface area contributed by atoms with Crippen LogP contribution in [0.15, 0.2) is 4.99 Å². The first kappa shape index (κ1) is 23.7. The van der Waals surface area contributed by atoms with E-state index < -0.39 is 0 Å². The number of carbonyl (C=O) groups is 1. The maximum Gasteiger partial charge on any atom is 0.305 e. The Morgan fingerprint density at radius 2 is 1.86 bits per heavy atom. The second-order valence-corrected chi connectivity index (χ2v) is 5.13. The zero-order chi connectivity index (χ0) is 15.9. The number of esters is 1. The minimum absolute atomic E-state index is 0. The summed E-state index contributed by atoms with van der Waals surface area (Å²) in [7, 11) is 1.72. The van der Waals surface area contributed by atoms with Crippen LogP contribution in [-0.4, -0.2) is 51.9 Å². The van der Waals surface area contributed by atoms with Gasteiger partial charge in [-0.2, -0.15) is 0 Å². The highest BCUT2D eigenvalue weighted by Gasteiger charge is 2.02. The number of aliphatic imine (C=N–C) groups is 1. The second kappa shape index (κ2) is 16.8. The quantitative estimate of drug-likeness (QED) is 0.173. The topological polar surface area (TPSA) is 72.0 Å². The Hall–Kier alpha value is -0.570. The molecule has 0 aliphatic heterocycles. The third-order valence-electron chi connectivity index (χ3n) is 2.76. The van der Waals surface area contributed by atoms with Gasteiger partial charge in [-0.25, -0.2) is 0 Å². The maximum absolute atomic E-state index is 11.2. The first-order valence-electron chi connectivity index (χ1n) is 7.78. The Balaban J connectivity index is 0. The number of halogens is 1. The lowest BCUT2D eigenvalue weighted by atomic mass is 10.1. The summed E-state index contributed by atoms with van der Waals surface area (Å²) in [6, 6.07) is 0. The van der Waals surface area contributed by atoms with Gasteiger partial charge in [0, 0.05) is 33.2 Å². The third-order valence-corrected chi connectivity index (χ3v) is 2.76. The van der Waals surface area contributed by atoms with E-state index in [0.717, 1.165) is 32.0 Å². The highest BCUT2D eigenvalue weighted by atomic mass is 127. The summed E-state index contributed by atoms with van der Waals surface area (Å²) in [5.74, 6) is 1.25. The second-order valence-electron chi connectivity index (χ2n) is 5.13. The molecule has 7 heteroatoms. The molecule has 0 saturated heterocycles. The lowest BCUT2D eigenvalue weighted by molar-refractivity contribution is -0.143. The Kier molecular flexibility index (Phi) is 18.1. The Morgan fingerprint density at radius 1 is 1.18 bits per heavy atom.